The van der Waals surface area contributed by atoms with Gasteiger partial charge in [0, 0.05) is 28.9 Å². The fourth-order valence-corrected chi connectivity index (χ4v) is 4.05. The van der Waals surface area contributed by atoms with Gasteiger partial charge in [-0.15, -0.1) is 11.8 Å². The molecule has 17 heavy (non-hydrogen) atoms. The van der Waals surface area contributed by atoms with Gasteiger partial charge in [-0.25, -0.2) is 0 Å². The lowest BCUT2D eigenvalue weighted by Crippen LogP contribution is -2.25. The number of rotatable bonds is 4. The second kappa shape index (κ2) is 6.41. The summed E-state index contributed by atoms with van der Waals surface area (Å²) in [6.45, 7) is 2.11. The number of aromatic nitrogens is 1. The van der Waals surface area contributed by atoms with Gasteiger partial charge in [0.1, 0.15) is 0 Å². The highest BCUT2D eigenvalue weighted by molar-refractivity contribution is 8.00. The van der Waals surface area contributed by atoms with E-state index in [2.05, 4.69) is 35.8 Å². The monoisotopic (exact) mass is 250 g/mol. The predicted octanol–water partition coefficient (Wildman–Crippen LogP) is 3.54. The second-order valence-electron chi connectivity index (χ2n) is 4.96. The largest absolute Gasteiger partial charge is 0.327 e. The highest BCUT2D eigenvalue weighted by atomic mass is 32.2. The lowest BCUT2D eigenvalue weighted by atomic mass is 10.0. The van der Waals surface area contributed by atoms with E-state index in [9.17, 15) is 0 Å². The van der Waals surface area contributed by atoms with E-state index in [0.29, 0.717) is 5.25 Å². The fraction of sp³-hybridized carbons (Fsp3) is 0.643. The van der Waals surface area contributed by atoms with Crippen molar-refractivity contribution in [2.75, 3.05) is 0 Å². The topological polar surface area (TPSA) is 38.9 Å². The predicted molar refractivity (Wildman–Crippen MR) is 75.1 cm³/mol. The van der Waals surface area contributed by atoms with Gasteiger partial charge in [0.25, 0.3) is 0 Å². The highest BCUT2D eigenvalue weighted by Gasteiger charge is 2.23. The molecule has 0 radical (unpaired) electrons. The van der Waals surface area contributed by atoms with Crippen molar-refractivity contribution < 1.29 is 0 Å². The molecule has 1 aliphatic carbocycles. The van der Waals surface area contributed by atoms with Gasteiger partial charge in [-0.1, -0.05) is 19.3 Å². The summed E-state index contributed by atoms with van der Waals surface area (Å²) in [5.41, 5.74) is 7.47. The van der Waals surface area contributed by atoms with Gasteiger partial charge in [-0.2, -0.15) is 0 Å². The molecule has 1 aliphatic rings. The Hall–Kier alpha value is -0.540. The van der Waals surface area contributed by atoms with Crippen LogP contribution in [0, 0.1) is 0 Å². The van der Waals surface area contributed by atoms with Gasteiger partial charge < -0.3 is 5.73 Å². The van der Waals surface area contributed by atoms with Crippen LogP contribution in [0.25, 0.3) is 0 Å². The van der Waals surface area contributed by atoms with Gasteiger partial charge in [0.05, 0.1) is 0 Å². The average molecular weight is 250 g/mol. The van der Waals surface area contributed by atoms with Crippen LogP contribution in [0.4, 0.5) is 0 Å². The lowest BCUT2D eigenvalue weighted by Gasteiger charge is -2.28. The van der Waals surface area contributed by atoms with E-state index in [0.717, 1.165) is 5.25 Å². The zero-order chi connectivity index (χ0) is 12.1. The maximum Gasteiger partial charge on any atom is 0.0449 e. The molecule has 2 N–H and O–H groups in total. The van der Waals surface area contributed by atoms with E-state index >= 15 is 0 Å². The quantitative estimate of drug-likeness (QED) is 0.888. The Morgan fingerprint density at radius 1 is 1.24 bits per heavy atom. The maximum atomic E-state index is 6.14. The third-order valence-corrected chi connectivity index (χ3v) is 5.25. The Labute approximate surface area is 108 Å². The standard InChI is InChI=1S/C14H22N2S/c1-11(15)14(12-7-9-16-10-8-12)17-13-5-3-2-4-6-13/h7-11,13-14H,2-6,15H2,1H3. The van der Waals surface area contributed by atoms with Gasteiger partial charge in [-0.05, 0) is 37.5 Å². The van der Waals surface area contributed by atoms with Crippen LogP contribution >= 0.6 is 11.8 Å². The van der Waals surface area contributed by atoms with Crippen LogP contribution in [0.5, 0.6) is 0 Å². The molecular formula is C14H22N2S. The molecule has 0 amide bonds. The van der Waals surface area contributed by atoms with Crippen molar-refractivity contribution >= 4 is 11.8 Å². The number of nitrogens with two attached hydrogens (primary N) is 1. The number of nitrogens with zero attached hydrogens (tertiary/aromatic N) is 1. The summed E-state index contributed by atoms with van der Waals surface area (Å²) in [4.78, 5) is 4.08. The molecule has 0 aliphatic heterocycles. The Morgan fingerprint density at radius 2 is 1.88 bits per heavy atom. The summed E-state index contributed by atoms with van der Waals surface area (Å²) < 4.78 is 0. The molecule has 1 aromatic heterocycles. The molecule has 1 saturated carbocycles. The second-order valence-corrected chi connectivity index (χ2v) is 6.40. The Kier molecular flexibility index (Phi) is 4.86. The van der Waals surface area contributed by atoms with Crippen molar-refractivity contribution in [2.24, 2.45) is 5.73 Å². The molecule has 2 rings (SSSR count). The third-order valence-electron chi connectivity index (χ3n) is 3.40. The molecule has 1 fully saturated rings. The molecule has 94 valence electrons. The van der Waals surface area contributed by atoms with Crippen LogP contribution < -0.4 is 5.73 Å². The van der Waals surface area contributed by atoms with E-state index in [-0.39, 0.29) is 6.04 Å². The van der Waals surface area contributed by atoms with E-state index in [1.54, 1.807) is 0 Å². The third kappa shape index (κ3) is 3.71. The minimum atomic E-state index is 0.198. The van der Waals surface area contributed by atoms with Crippen molar-refractivity contribution in [3.05, 3.63) is 30.1 Å². The van der Waals surface area contributed by atoms with Gasteiger partial charge in [0.15, 0.2) is 0 Å². The van der Waals surface area contributed by atoms with Crippen molar-refractivity contribution in [1.29, 1.82) is 0 Å². The number of hydrogen-bond donors (Lipinski definition) is 1. The van der Waals surface area contributed by atoms with Crippen LogP contribution in [-0.2, 0) is 0 Å². The minimum absolute atomic E-state index is 0.198. The van der Waals surface area contributed by atoms with Crippen LogP contribution in [0.15, 0.2) is 24.5 Å². The Bertz CT molecular complexity index is 320. The Morgan fingerprint density at radius 3 is 2.47 bits per heavy atom. The van der Waals surface area contributed by atoms with E-state index in [1.165, 1.54) is 37.7 Å². The molecule has 1 aromatic rings. The first-order valence-electron chi connectivity index (χ1n) is 6.58. The zero-order valence-corrected chi connectivity index (χ0v) is 11.3. The number of hydrogen-bond acceptors (Lipinski definition) is 3. The normalized spacial score (nSPS) is 21.1. The van der Waals surface area contributed by atoms with E-state index < -0.39 is 0 Å². The molecule has 0 bridgehead atoms. The molecule has 3 heteroatoms. The van der Waals surface area contributed by atoms with Gasteiger partial charge in [-0.3, -0.25) is 4.98 Å². The molecule has 1 heterocycles. The van der Waals surface area contributed by atoms with Crippen LogP contribution in [0.2, 0.25) is 0 Å². The highest BCUT2D eigenvalue weighted by Crippen LogP contribution is 2.39. The van der Waals surface area contributed by atoms with Crippen molar-refractivity contribution in [3.63, 3.8) is 0 Å². The van der Waals surface area contributed by atoms with Gasteiger partial charge >= 0.3 is 0 Å². The first-order valence-corrected chi connectivity index (χ1v) is 7.52. The van der Waals surface area contributed by atoms with Crippen LogP contribution in [0.1, 0.15) is 49.8 Å². The summed E-state index contributed by atoms with van der Waals surface area (Å²) >= 11 is 2.07. The first kappa shape index (κ1) is 12.9. The molecule has 0 aromatic carbocycles. The van der Waals surface area contributed by atoms with Crippen molar-refractivity contribution in [3.8, 4) is 0 Å². The smallest absolute Gasteiger partial charge is 0.0449 e. The van der Waals surface area contributed by atoms with Gasteiger partial charge in [0.2, 0.25) is 0 Å². The van der Waals surface area contributed by atoms with Crippen LogP contribution in [-0.4, -0.2) is 16.3 Å². The van der Waals surface area contributed by atoms with Crippen molar-refractivity contribution in [2.45, 2.75) is 55.6 Å². The maximum absolute atomic E-state index is 6.14. The lowest BCUT2D eigenvalue weighted by molar-refractivity contribution is 0.513. The first-order chi connectivity index (χ1) is 8.27. The zero-order valence-electron chi connectivity index (χ0n) is 10.5. The average Bonchev–Trinajstić information content (AvgIpc) is 2.38. The molecule has 0 spiro atoms. The minimum Gasteiger partial charge on any atom is -0.327 e. The molecule has 2 unspecified atom stereocenters. The van der Waals surface area contributed by atoms with E-state index in [1.807, 2.05) is 12.4 Å². The van der Waals surface area contributed by atoms with Crippen LogP contribution in [0.3, 0.4) is 0 Å². The fourth-order valence-electron chi connectivity index (χ4n) is 2.47. The van der Waals surface area contributed by atoms with E-state index in [4.69, 9.17) is 5.73 Å². The number of thioether (sulfide) groups is 1. The molecule has 0 saturated heterocycles. The summed E-state index contributed by atoms with van der Waals surface area (Å²) in [7, 11) is 0. The molecule has 2 nitrogen and oxygen atoms in total. The summed E-state index contributed by atoms with van der Waals surface area (Å²) in [6, 6.07) is 4.40. The summed E-state index contributed by atoms with van der Waals surface area (Å²) in [5, 5.41) is 1.22. The SMILES string of the molecule is CC(N)C(SC1CCCCC1)c1ccncc1. The number of pyridine rings is 1. The summed E-state index contributed by atoms with van der Waals surface area (Å²) in [5.74, 6) is 0. The Balaban J connectivity index is 2.02. The van der Waals surface area contributed by atoms with Crippen molar-refractivity contribution in [1.82, 2.24) is 4.98 Å². The molecular weight excluding hydrogens is 228 g/mol. The summed E-state index contributed by atoms with van der Waals surface area (Å²) in [6.07, 6.45) is 10.6. The molecule has 2 atom stereocenters.